The van der Waals surface area contributed by atoms with E-state index in [0.717, 1.165) is 0 Å². The number of hydrogen-bond acceptors (Lipinski definition) is 7. The molecular formula is C9H17NO7. The Bertz CT molecular complexity index is 260. The van der Waals surface area contributed by atoms with E-state index in [1.165, 1.54) is 14.2 Å². The molecule has 0 radical (unpaired) electrons. The fourth-order valence-electron chi connectivity index (χ4n) is 1.48. The number of amides is 1. The van der Waals surface area contributed by atoms with Crippen molar-refractivity contribution in [1.29, 1.82) is 0 Å². The van der Waals surface area contributed by atoms with Crippen LogP contribution in [0, 0.1) is 0 Å². The van der Waals surface area contributed by atoms with Gasteiger partial charge in [-0.2, -0.15) is 0 Å². The minimum atomic E-state index is -1.42. The fourth-order valence-corrected chi connectivity index (χ4v) is 1.48. The van der Waals surface area contributed by atoms with Crippen LogP contribution in [-0.4, -0.2) is 72.9 Å². The van der Waals surface area contributed by atoms with Gasteiger partial charge in [0.15, 0.2) is 6.29 Å². The first-order chi connectivity index (χ1) is 8.01. The Kier molecular flexibility index (Phi) is 5.09. The van der Waals surface area contributed by atoms with Crippen LogP contribution >= 0.6 is 0 Å². The SMILES string of the molecule is CNC(=O)OC[C@H]1O[C@H](OC)[C@H](O)[C@@H](O)[C@H]1O. The maximum atomic E-state index is 10.8. The van der Waals surface area contributed by atoms with E-state index in [1.807, 2.05) is 0 Å². The molecule has 0 aromatic heterocycles. The third kappa shape index (κ3) is 3.27. The average Bonchev–Trinajstić information content (AvgIpc) is 2.34. The third-order valence-corrected chi connectivity index (χ3v) is 2.48. The van der Waals surface area contributed by atoms with Crippen LogP contribution in [0.5, 0.6) is 0 Å². The van der Waals surface area contributed by atoms with E-state index in [1.54, 1.807) is 0 Å². The summed E-state index contributed by atoms with van der Waals surface area (Å²) < 4.78 is 14.6. The molecule has 1 saturated heterocycles. The van der Waals surface area contributed by atoms with Gasteiger partial charge in [-0.15, -0.1) is 0 Å². The van der Waals surface area contributed by atoms with Crippen LogP contribution < -0.4 is 5.32 Å². The summed E-state index contributed by atoms with van der Waals surface area (Å²) in [6, 6.07) is 0. The molecule has 1 amide bonds. The Labute approximate surface area is 98.1 Å². The number of aliphatic hydroxyl groups excluding tert-OH is 3. The first-order valence-electron chi connectivity index (χ1n) is 5.08. The molecule has 1 fully saturated rings. The Morgan fingerprint density at radius 2 is 1.94 bits per heavy atom. The summed E-state index contributed by atoms with van der Waals surface area (Å²) in [5.74, 6) is 0. The normalized spacial score (nSPS) is 37.6. The molecule has 8 heteroatoms. The van der Waals surface area contributed by atoms with Crippen LogP contribution in [0.1, 0.15) is 0 Å². The van der Waals surface area contributed by atoms with Gasteiger partial charge in [-0.05, 0) is 0 Å². The fraction of sp³-hybridized carbons (Fsp3) is 0.889. The average molecular weight is 251 g/mol. The first-order valence-corrected chi connectivity index (χ1v) is 5.08. The van der Waals surface area contributed by atoms with E-state index in [4.69, 9.17) is 14.2 Å². The van der Waals surface area contributed by atoms with Crippen molar-refractivity contribution in [2.24, 2.45) is 0 Å². The van der Waals surface area contributed by atoms with Gasteiger partial charge in [0.05, 0.1) is 0 Å². The minimum absolute atomic E-state index is 0.259. The van der Waals surface area contributed by atoms with Crippen LogP contribution in [-0.2, 0) is 14.2 Å². The van der Waals surface area contributed by atoms with Crippen LogP contribution in [0.25, 0.3) is 0 Å². The van der Waals surface area contributed by atoms with E-state index in [-0.39, 0.29) is 6.61 Å². The van der Waals surface area contributed by atoms with Crippen molar-refractivity contribution < 1.29 is 34.3 Å². The first kappa shape index (κ1) is 14.1. The predicted molar refractivity (Wildman–Crippen MR) is 54.1 cm³/mol. The molecule has 0 bridgehead atoms. The smallest absolute Gasteiger partial charge is 0.406 e. The summed E-state index contributed by atoms with van der Waals surface area (Å²) in [6.45, 7) is -0.259. The molecule has 1 aliphatic heterocycles. The van der Waals surface area contributed by atoms with Crippen molar-refractivity contribution >= 4 is 6.09 Å². The highest BCUT2D eigenvalue weighted by Crippen LogP contribution is 2.21. The van der Waals surface area contributed by atoms with Gasteiger partial charge < -0.3 is 34.8 Å². The van der Waals surface area contributed by atoms with Gasteiger partial charge in [0.25, 0.3) is 0 Å². The maximum absolute atomic E-state index is 10.8. The molecule has 0 aliphatic carbocycles. The van der Waals surface area contributed by atoms with Gasteiger partial charge in [0, 0.05) is 14.2 Å². The molecule has 0 unspecified atom stereocenters. The third-order valence-electron chi connectivity index (χ3n) is 2.48. The molecule has 0 saturated carbocycles. The van der Waals surface area contributed by atoms with Crippen molar-refractivity contribution in [2.45, 2.75) is 30.7 Å². The van der Waals surface area contributed by atoms with Crippen molar-refractivity contribution in [2.75, 3.05) is 20.8 Å². The van der Waals surface area contributed by atoms with E-state index in [9.17, 15) is 20.1 Å². The molecule has 1 rings (SSSR count). The van der Waals surface area contributed by atoms with Gasteiger partial charge in [0.1, 0.15) is 31.0 Å². The number of alkyl carbamates (subject to hydrolysis) is 1. The quantitative estimate of drug-likeness (QED) is 0.449. The van der Waals surface area contributed by atoms with Gasteiger partial charge in [-0.3, -0.25) is 0 Å². The number of ether oxygens (including phenoxy) is 3. The summed E-state index contributed by atoms with van der Waals surface area (Å²) in [7, 11) is 2.67. The second-order valence-corrected chi connectivity index (χ2v) is 3.60. The number of nitrogens with one attached hydrogen (secondary N) is 1. The van der Waals surface area contributed by atoms with Gasteiger partial charge >= 0.3 is 6.09 Å². The highest BCUT2D eigenvalue weighted by Gasteiger charge is 2.44. The molecule has 8 nitrogen and oxygen atoms in total. The number of aliphatic hydroxyl groups is 3. The lowest BCUT2D eigenvalue weighted by Gasteiger charge is -2.39. The molecule has 4 N–H and O–H groups in total. The zero-order valence-corrected chi connectivity index (χ0v) is 9.57. The zero-order chi connectivity index (χ0) is 13.0. The molecule has 0 spiro atoms. The van der Waals surface area contributed by atoms with Crippen LogP contribution in [0.15, 0.2) is 0 Å². The Hall–Kier alpha value is -0.930. The number of methoxy groups -OCH3 is 1. The van der Waals surface area contributed by atoms with E-state index < -0.39 is 36.8 Å². The summed E-state index contributed by atoms with van der Waals surface area (Å²) in [6.07, 6.45) is -6.86. The monoisotopic (exact) mass is 251 g/mol. The summed E-state index contributed by atoms with van der Waals surface area (Å²) >= 11 is 0. The zero-order valence-electron chi connectivity index (χ0n) is 9.57. The molecule has 1 aliphatic rings. The Morgan fingerprint density at radius 1 is 1.29 bits per heavy atom. The van der Waals surface area contributed by atoms with Crippen molar-refractivity contribution in [3.05, 3.63) is 0 Å². The lowest BCUT2D eigenvalue weighted by Crippen LogP contribution is -2.59. The molecule has 1 heterocycles. The molecular weight excluding hydrogens is 234 g/mol. The van der Waals surface area contributed by atoms with Gasteiger partial charge in [-0.1, -0.05) is 0 Å². The highest BCUT2D eigenvalue weighted by atomic mass is 16.7. The summed E-state index contributed by atoms with van der Waals surface area (Å²) in [4.78, 5) is 10.8. The van der Waals surface area contributed by atoms with Crippen LogP contribution in [0.2, 0.25) is 0 Å². The van der Waals surface area contributed by atoms with E-state index in [0.29, 0.717) is 0 Å². The molecule has 100 valence electrons. The standard InChI is InChI=1S/C9H17NO7/c1-10-9(14)16-3-4-5(11)6(12)7(13)8(15-2)17-4/h4-8,11-13H,3H2,1-2H3,(H,10,14)/t4-,5+,6+,7-,8+/m1/s1. The molecule has 17 heavy (non-hydrogen) atoms. The number of carbonyl (C=O) groups excluding carboxylic acids is 1. The molecule has 0 aromatic rings. The number of rotatable bonds is 3. The topological polar surface area (TPSA) is 117 Å². The lowest BCUT2D eigenvalue weighted by molar-refractivity contribution is -0.294. The van der Waals surface area contributed by atoms with Crippen molar-refractivity contribution in [1.82, 2.24) is 5.32 Å². The van der Waals surface area contributed by atoms with Crippen molar-refractivity contribution in [3.63, 3.8) is 0 Å². The highest BCUT2D eigenvalue weighted by molar-refractivity contribution is 5.66. The van der Waals surface area contributed by atoms with E-state index >= 15 is 0 Å². The lowest BCUT2D eigenvalue weighted by atomic mass is 9.99. The Morgan fingerprint density at radius 3 is 2.47 bits per heavy atom. The largest absolute Gasteiger partial charge is 0.447 e. The van der Waals surface area contributed by atoms with Crippen LogP contribution in [0.3, 0.4) is 0 Å². The van der Waals surface area contributed by atoms with Gasteiger partial charge in [-0.25, -0.2) is 4.79 Å². The summed E-state index contributed by atoms with van der Waals surface area (Å²) in [5.41, 5.74) is 0. The second-order valence-electron chi connectivity index (χ2n) is 3.60. The second kappa shape index (κ2) is 6.12. The predicted octanol–water partition coefficient (Wildman–Crippen LogP) is -2.20. The van der Waals surface area contributed by atoms with Crippen LogP contribution in [0.4, 0.5) is 4.79 Å². The maximum Gasteiger partial charge on any atom is 0.406 e. The summed E-state index contributed by atoms with van der Waals surface area (Å²) in [5, 5.41) is 30.8. The molecule has 5 atom stereocenters. The minimum Gasteiger partial charge on any atom is -0.447 e. The number of hydrogen-bond donors (Lipinski definition) is 4. The van der Waals surface area contributed by atoms with Crippen molar-refractivity contribution in [3.8, 4) is 0 Å². The molecule has 0 aromatic carbocycles. The number of carbonyl (C=O) groups is 1. The van der Waals surface area contributed by atoms with E-state index in [2.05, 4.69) is 5.32 Å². The van der Waals surface area contributed by atoms with Gasteiger partial charge in [0.2, 0.25) is 0 Å². The Balaban J connectivity index is 2.56.